The van der Waals surface area contributed by atoms with Crippen molar-refractivity contribution in [3.8, 4) is 0 Å². The minimum atomic E-state index is -3.50. The first-order valence-corrected chi connectivity index (χ1v) is 8.33. The standard InChI is InChI=1S/C12H18N6O3S/c1-16-8-12(5-13-16)22(19,20)17-4-3-11(7-17)18-6-10(9-21-2)14-15-18/h5-6,8,11H,3-4,7,9H2,1-2H3/t11-/m1/s1. The zero-order valence-electron chi connectivity index (χ0n) is 12.5. The number of hydrogen-bond donors (Lipinski definition) is 0. The molecule has 3 heterocycles. The number of aromatic nitrogens is 5. The summed E-state index contributed by atoms with van der Waals surface area (Å²) in [6.07, 6.45) is 5.38. The van der Waals surface area contributed by atoms with E-state index in [0.717, 1.165) is 5.69 Å². The molecule has 22 heavy (non-hydrogen) atoms. The van der Waals surface area contributed by atoms with Crippen LogP contribution in [-0.2, 0) is 28.4 Å². The van der Waals surface area contributed by atoms with Crippen LogP contribution in [0.5, 0.6) is 0 Å². The molecule has 0 unspecified atom stereocenters. The summed E-state index contributed by atoms with van der Waals surface area (Å²) in [6, 6.07) is -0.00967. The molecule has 0 saturated carbocycles. The summed E-state index contributed by atoms with van der Waals surface area (Å²) in [5, 5.41) is 12.0. The molecule has 1 fully saturated rings. The van der Waals surface area contributed by atoms with Gasteiger partial charge >= 0.3 is 0 Å². The highest BCUT2D eigenvalue weighted by Gasteiger charge is 2.34. The quantitative estimate of drug-likeness (QED) is 0.755. The molecule has 1 saturated heterocycles. The second kappa shape index (κ2) is 5.78. The van der Waals surface area contributed by atoms with Crippen LogP contribution in [0.4, 0.5) is 0 Å². The first-order chi connectivity index (χ1) is 10.5. The van der Waals surface area contributed by atoms with Crippen molar-refractivity contribution >= 4 is 10.0 Å². The number of nitrogens with zero attached hydrogens (tertiary/aromatic N) is 6. The molecule has 1 atom stereocenters. The van der Waals surface area contributed by atoms with Crippen molar-refractivity contribution in [3.05, 3.63) is 24.3 Å². The minimum absolute atomic E-state index is 0.00967. The fourth-order valence-corrected chi connectivity index (χ4v) is 4.01. The minimum Gasteiger partial charge on any atom is -0.378 e. The Bertz CT molecular complexity index is 753. The summed E-state index contributed by atoms with van der Waals surface area (Å²) in [5.74, 6) is 0. The maximum absolute atomic E-state index is 12.5. The number of sulfonamides is 1. The lowest BCUT2D eigenvalue weighted by atomic mass is 10.3. The Morgan fingerprint density at radius 1 is 1.41 bits per heavy atom. The van der Waals surface area contributed by atoms with Crippen LogP contribution in [0.3, 0.4) is 0 Å². The summed E-state index contributed by atoms with van der Waals surface area (Å²) in [7, 11) is -0.211. The Kier molecular flexibility index (Phi) is 3.98. The SMILES string of the molecule is COCc1cn([C@@H]2CCN(S(=O)(=O)c3cnn(C)c3)C2)nn1. The molecule has 1 aliphatic rings. The number of aryl methyl sites for hydroxylation is 1. The van der Waals surface area contributed by atoms with E-state index in [2.05, 4.69) is 15.4 Å². The maximum Gasteiger partial charge on any atom is 0.246 e. The molecule has 10 heteroatoms. The fourth-order valence-electron chi connectivity index (χ4n) is 2.53. The van der Waals surface area contributed by atoms with Gasteiger partial charge in [-0.15, -0.1) is 5.10 Å². The van der Waals surface area contributed by atoms with E-state index >= 15 is 0 Å². The Morgan fingerprint density at radius 2 is 2.23 bits per heavy atom. The van der Waals surface area contributed by atoms with E-state index in [-0.39, 0.29) is 10.9 Å². The zero-order chi connectivity index (χ0) is 15.7. The van der Waals surface area contributed by atoms with Crippen molar-refractivity contribution in [2.45, 2.75) is 24.0 Å². The Balaban J connectivity index is 1.74. The van der Waals surface area contributed by atoms with E-state index in [4.69, 9.17) is 4.74 Å². The number of rotatable bonds is 5. The van der Waals surface area contributed by atoms with Crippen molar-refractivity contribution in [2.75, 3.05) is 20.2 Å². The molecule has 0 aromatic carbocycles. The Labute approximate surface area is 128 Å². The molecule has 120 valence electrons. The molecule has 0 spiro atoms. The predicted octanol–water partition coefficient (Wildman–Crippen LogP) is -0.206. The van der Waals surface area contributed by atoms with Gasteiger partial charge in [0.15, 0.2) is 0 Å². The number of ether oxygens (including phenoxy) is 1. The highest BCUT2D eigenvalue weighted by atomic mass is 32.2. The van der Waals surface area contributed by atoms with E-state index in [1.807, 2.05) is 0 Å². The largest absolute Gasteiger partial charge is 0.378 e. The first kappa shape index (κ1) is 15.1. The third-order valence-corrected chi connectivity index (χ3v) is 5.49. The van der Waals surface area contributed by atoms with Gasteiger partial charge in [0, 0.05) is 33.4 Å². The maximum atomic E-state index is 12.5. The molecule has 3 rings (SSSR count). The van der Waals surface area contributed by atoms with Gasteiger partial charge in [-0.25, -0.2) is 13.1 Å². The van der Waals surface area contributed by atoms with Crippen LogP contribution >= 0.6 is 0 Å². The topological polar surface area (TPSA) is 95.1 Å². The molecular formula is C12H18N6O3S. The highest BCUT2D eigenvalue weighted by Crippen LogP contribution is 2.26. The molecule has 2 aromatic rings. The van der Waals surface area contributed by atoms with Gasteiger partial charge in [-0.3, -0.25) is 4.68 Å². The monoisotopic (exact) mass is 326 g/mol. The third-order valence-electron chi connectivity index (χ3n) is 3.67. The van der Waals surface area contributed by atoms with E-state index in [1.165, 1.54) is 21.4 Å². The van der Waals surface area contributed by atoms with Gasteiger partial charge in [0.25, 0.3) is 0 Å². The van der Waals surface area contributed by atoms with Crippen LogP contribution in [-0.4, -0.2) is 57.7 Å². The summed E-state index contributed by atoms with van der Waals surface area (Å²) in [6.45, 7) is 1.23. The van der Waals surface area contributed by atoms with E-state index < -0.39 is 10.0 Å². The zero-order valence-corrected chi connectivity index (χ0v) is 13.3. The van der Waals surface area contributed by atoms with Crippen molar-refractivity contribution in [1.29, 1.82) is 0 Å². The van der Waals surface area contributed by atoms with Gasteiger partial charge in [0.05, 0.1) is 25.0 Å². The van der Waals surface area contributed by atoms with Gasteiger partial charge < -0.3 is 4.74 Å². The third kappa shape index (κ3) is 2.76. The van der Waals surface area contributed by atoms with Crippen molar-refractivity contribution in [3.63, 3.8) is 0 Å². The van der Waals surface area contributed by atoms with Gasteiger partial charge in [0.2, 0.25) is 10.0 Å². The van der Waals surface area contributed by atoms with Gasteiger partial charge in [0.1, 0.15) is 10.6 Å². The lowest BCUT2D eigenvalue weighted by Crippen LogP contribution is -2.29. The summed E-state index contributed by atoms with van der Waals surface area (Å²) in [5.41, 5.74) is 0.732. The van der Waals surface area contributed by atoms with Crippen LogP contribution in [0.1, 0.15) is 18.2 Å². The van der Waals surface area contributed by atoms with E-state index in [1.54, 1.807) is 25.0 Å². The lowest BCUT2D eigenvalue weighted by Gasteiger charge is -2.15. The van der Waals surface area contributed by atoms with Gasteiger partial charge in [-0.05, 0) is 6.42 Å². The molecule has 0 radical (unpaired) electrons. The normalized spacial score (nSPS) is 19.8. The first-order valence-electron chi connectivity index (χ1n) is 6.89. The molecule has 0 bridgehead atoms. The molecule has 1 aliphatic heterocycles. The molecule has 0 aliphatic carbocycles. The molecule has 2 aromatic heterocycles. The predicted molar refractivity (Wildman–Crippen MR) is 76.4 cm³/mol. The van der Waals surface area contributed by atoms with Crippen LogP contribution in [0, 0.1) is 0 Å². The number of hydrogen-bond acceptors (Lipinski definition) is 6. The molecule has 9 nitrogen and oxygen atoms in total. The summed E-state index contributed by atoms with van der Waals surface area (Å²) >= 11 is 0. The number of methoxy groups -OCH3 is 1. The second-order valence-electron chi connectivity index (χ2n) is 5.28. The average molecular weight is 326 g/mol. The fraction of sp³-hybridized carbons (Fsp3) is 0.583. The van der Waals surface area contributed by atoms with Gasteiger partial charge in [-0.2, -0.15) is 9.40 Å². The average Bonchev–Trinajstić information content (AvgIpc) is 3.17. The van der Waals surface area contributed by atoms with Crippen LogP contribution in [0.15, 0.2) is 23.5 Å². The van der Waals surface area contributed by atoms with Crippen molar-refractivity contribution in [2.24, 2.45) is 7.05 Å². The van der Waals surface area contributed by atoms with Crippen LogP contribution in [0.25, 0.3) is 0 Å². The highest BCUT2D eigenvalue weighted by molar-refractivity contribution is 7.89. The van der Waals surface area contributed by atoms with E-state index in [0.29, 0.717) is 26.1 Å². The second-order valence-corrected chi connectivity index (χ2v) is 7.22. The lowest BCUT2D eigenvalue weighted by molar-refractivity contribution is 0.181. The van der Waals surface area contributed by atoms with E-state index in [9.17, 15) is 8.42 Å². The van der Waals surface area contributed by atoms with Crippen molar-refractivity contribution < 1.29 is 13.2 Å². The van der Waals surface area contributed by atoms with Gasteiger partial charge in [-0.1, -0.05) is 5.21 Å². The molecular weight excluding hydrogens is 308 g/mol. The Morgan fingerprint density at radius 3 is 2.91 bits per heavy atom. The van der Waals surface area contributed by atoms with Crippen LogP contribution < -0.4 is 0 Å². The summed E-state index contributed by atoms with van der Waals surface area (Å²) in [4.78, 5) is 0.217. The molecule has 0 amide bonds. The Hall–Kier alpha value is -1.78. The van der Waals surface area contributed by atoms with Crippen LogP contribution in [0.2, 0.25) is 0 Å². The molecule has 0 N–H and O–H groups in total. The smallest absolute Gasteiger partial charge is 0.246 e. The summed E-state index contributed by atoms with van der Waals surface area (Å²) < 4.78 is 34.7. The van der Waals surface area contributed by atoms with Crippen molar-refractivity contribution in [1.82, 2.24) is 29.1 Å².